The first-order valence-corrected chi connectivity index (χ1v) is 9.80. The number of carbonyl (C=O) groups excluding carboxylic acids is 2. The van der Waals surface area contributed by atoms with Crippen LogP contribution in [-0.2, 0) is 9.59 Å². The van der Waals surface area contributed by atoms with Crippen molar-refractivity contribution in [2.24, 2.45) is 0 Å². The molecule has 0 aromatic heterocycles. The van der Waals surface area contributed by atoms with Gasteiger partial charge in [-0.05, 0) is 61.2 Å². The van der Waals surface area contributed by atoms with Gasteiger partial charge in [-0.3, -0.25) is 9.59 Å². The van der Waals surface area contributed by atoms with E-state index in [0.29, 0.717) is 28.5 Å². The molecule has 1 saturated heterocycles. The third-order valence-corrected chi connectivity index (χ3v) is 5.44. The second-order valence-corrected chi connectivity index (χ2v) is 7.14. The lowest BCUT2D eigenvalue weighted by Crippen LogP contribution is -2.37. The van der Waals surface area contributed by atoms with Gasteiger partial charge in [-0.2, -0.15) is 0 Å². The zero-order valence-electron chi connectivity index (χ0n) is 16.7. The standard InChI is InChI=1S/C23H24N2O4/c1-28-18-10-6-16(7-11-18)20-21(24-14-4-3-5-15-24)23(27)25(22(20)26)17-8-12-19(29-2)13-9-17/h6-13H,3-5,14-15H2,1-2H3. The van der Waals surface area contributed by atoms with Crippen molar-refractivity contribution in [2.75, 3.05) is 32.2 Å². The Kier molecular flexibility index (Phi) is 5.25. The lowest BCUT2D eigenvalue weighted by atomic mass is 10.0. The molecule has 0 aliphatic carbocycles. The Balaban J connectivity index is 1.78. The Bertz CT molecular complexity index is 942. The van der Waals surface area contributed by atoms with Gasteiger partial charge in [0.1, 0.15) is 17.2 Å². The van der Waals surface area contributed by atoms with E-state index in [1.54, 1.807) is 38.5 Å². The maximum atomic E-state index is 13.4. The third-order valence-electron chi connectivity index (χ3n) is 5.44. The van der Waals surface area contributed by atoms with Crippen LogP contribution < -0.4 is 14.4 Å². The van der Waals surface area contributed by atoms with E-state index in [2.05, 4.69) is 4.90 Å². The van der Waals surface area contributed by atoms with E-state index in [-0.39, 0.29) is 11.8 Å². The van der Waals surface area contributed by atoms with Crippen molar-refractivity contribution in [3.8, 4) is 11.5 Å². The van der Waals surface area contributed by atoms with Crippen molar-refractivity contribution in [3.05, 3.63) is 59.8 Å². The molecule has 6 nitrogen and oxygen atoms in total. The molecule has 150 valence electrons. The number of likely N-dealkylation sites (tertiary alicyclic amines) is 1. The molecule has 6 heteroatoms. The van der Waals surface area contributed by atoms with Crippen LogP contribution in [0.2, 0.25) is 0 Å². The van der Waals surface area contributed by atoms with E-state index in [4.69, 9.17) is 9.47 Å². The highest BCUT2D eigenvalue weighted by atomic mass is 16.5. The Hall–Kier alpha value is -3.28. The van der Waals surface area contributed by atoms with Crippen LogP contribution in [0.15, 0.2) is 54.2 Å². The molecular formula is C23H24N2O4. The van der Waals surface area contributed by atoms with E-state index in [0.717, 1.165) is 37.9 Å². The van der Waals surface area contributed by atoms with E-state index >= 15 is 0 Å². The molecule has 0 radical (unpaired) electrons. The Labute approximate surface area is 170 Å². The van der Waals surface area contributed by atoms with Gasteiger partial charge in [-0.25, -0.2) is 4.90 Å². The van der Waals surface area contributed by atoms with Crippen molar-refractivity contribution in [1.29, 1.82) is 0 Å². The zero-order valence-corrected chi connectivity index (χ0v) is 16.7. The molecule has 2 aliphatic heterocycles. The predicted molar refractivity (Wildman–Crippen MR) is 111 cm³/mol. The third kappa shape index (κ3) is 3.46. The highest BCUT2D eigenvalue weighted by Gasteiger charge is 2.42. The molecule has 0 unspecified atom stereocenters. The van der Waals surface area contributed by atoms with Gasteiger partial charge < -0.3 is 14.4 Å². The van der Waals surface area contributed by atoms with Crippen LogP contribution in [0.3, 0.4) is 0 Å². The molecule has 0 saturated carbocycles. The van der Waals surface area contributed by atoms with Crippen molar-refractivity contribution in [3.63, 3.8) is 0 Å². The number of imide groups is 1. The van der Waals surface area contributed by atoms with Gasteiger partial charge in [-0.1, -0.05) is 12.1 Å². The zero-order chi connectivity index (χ0) is 20.4. The fourth-order valence-corrected chi connectivity index (χ4v) is 3.91. The summed E-state index contributed by atoms with van der Waals surface area (Å²) in [4.78, 5) is 30.2. The number of rotatable bonds is 5. The summed E-state index contributed by atoms with van der Waals surface area (Å²) in [6, 6.07) is 14.3. The fourth-order valence-electron chi connectivity index (χ4n) is 3.91. The summed E-state index contributed by atoms with van der Waals surface area (Å²) in [5, 5.41) is 0. The summed E-state index contributed by atoms with van der Waals surface area (Å²) in [5.74, 6) is 0.809. The molecule has 0 bridgehead atoms. The number of piperidine rings is 1. The summed E-state index contributed by atoms with van der Waals surface area (Å²) in [5.41, 5.74) is 2.21. The summed E-state index contributed by atoms with van der Waals surface area (Å²) in [6.45, 7) is 1.56. The summed E-state index contributed by atoms with van der Waals surface area (Å²) in [6.07, 6.45) is 3.18. The minimum atomic E-state index is -0.300. The van der Waals surface area contributed by atoms with Crippen LogP contribution in [-0.4, -0.2) is 44.0 Å². The Morgan fingerprint density at radius 2 is 1.28 bits per heavy atom. The highest BCUT2D eigenvalue weighted by molar-refractivity contribution is 6.45. The number of methoxy groups -OCH3 is 2. The van der Waals surface area contributed by atoms with E-state index in [1.165, 1.54) is 4.90 Å². The fraction of sp³-hybridized carbons (Fsp3) is 0.304. The topological polar surface area (TPSA) is 59.1 Å². The summed E-state index contributed by atoms with van der Waals surface area (Å²) in [7, 11) is 3.18. The second-order valence-electron chi connectivity index (χ2n) is 7.14. The normalized spacial score (nSPS) is 17.2. The largest absolute Gasteiger partial charge is 0.497 e. The van der Waals surface area contributed by atoms with Crippen molar-refractivity contribution < 1.29 is 19.1 Å². The van der Waals surface area contributed by atoms with Crippen LogP contribution >= 0.6 is 0 Å². The number of hydrogen-bond acceptors (Lipinski definition) is 5. The lowest BCUT2D eigenvalue weighted by Gasteiger charge is -2.29. The minimum Gasteiger partial charge on any atom is -0.497 e. The lowest BCUT2D eigenvalue weighted by molar-refractivity contribution is -0.120. The minimum absolute atomic E-state index is 0.270. The quantitative estimate of drug-likeness (QED) is 0.729. The molecule has 2 aliphatic rings. The summed E-state index contributed by atoms with van der Waals surface area (Å²) >= 11 is 0. The first-order chi connectivity index (χ1) is 14.1. The molecule has 2 amide bonds. The van der Waals surface area contributed by atoms with Gasteiger partial charge >= 0.3 is 0 Å². The maximum Gasteiger partial charge on any atom is 0.282 e. The molecule has 0 spiro atoms. The number of anilines is 1. The van der Waals surface area contributed by atoms with Gasteiger partial charge in [0.15, 0.2) is 0 Å². The smallest absolute Gasteiger partial charge is 0.282 e. The van der Waals surface area contributed by atoms with Crippen LogP contribution in [0.25, 0.3) is 5.57 Å². The van der Waals surface area contributed by atoms with Crippen molar-refractivity contribution in [2.45, 2.75) is 19.3 Å². The Morgan fingerprint density at radius 3 is 1.83 bits per heavy atom. The van der Waals surface area contributed by atoms with Gasteiger partial charge in [0.25, 0.3) is 11.8 Å². The van der Waals surface area contributed by atoms with Gasteiger partial charge in [-0.15, -0.1) is 0 Å². The highest BCUT2D eigenvalue weighted by Crippen LogP contribution is 2.36. The van der Waals surface area contributed by atoms with Crippen molar-refractivity contribution >= 4 is 23.1 Å². The molecular weight excluding hydrogens is 368 g/mol. The molecule has 2 aromatic carbocycles. The first-order valence-electron chi connectivity index (χ1n) is 9.80. The number of ether oxygens (including phenoxy) is 2. The van der Waals surface area contributed by atoms with Gasteiger partial charge in [0.05, 0.1) is 25.5 Å². The molecule has 1 fully saturated rings. The SMILES string of the molecule is COc1ccc(C2=C(N3CCCCC3)C(=O)N(c3ccc(OC)cc3)C2=O)cc1. The van der Waals surface area contributed by atoms with Crippen LogP contribution in [0, 0.1) is 0 Å². The average Bonchev–Trinajstić information content (AvgIpc) is 3.04. The van der Waals surface area contributed by atoms with Gasteiger partial charge in [0, 0.05) is 13.1 Å². The molecule has 2 aromatic rings. The molecule has 29 heavy (non-hydrogen) atoms. The summed E-state index contributed by atoms with van der Waals surface area (Å²) < 4.78 is 10.4. The van der Waals surface area contributed by atoms with Crippen molar-refractivity contribution in [1.82, 2.24) is 4.90 Å². The Morgan fingerprint density at radius 1 is 0.724 bits per heavy atom. The van der Waals surface area contributed by atoms with E-state index < -0.39 is 0 Å². The monoisotopic (exact) mass is 392 g/mol. The number of benzene rings is 2. The maximum absolute atomic E-state index is 13.4. The number of nitrogens with zero attached hydrogens (tertiary/aromatic N) is 2. The van der Waals surface area contributed by atoms with Crippen LogP contribution in [0.1, 0.15) is 24.8 Å². The second kappa shape index (κ2) is 7.99. The molecule has 4 rings (SSSR count). The molecule has 2 heterocycles. The van der Waals surface area contributed by atoms with Crippen LogP contribution in [0.5, 0.6) is 11.5 Å². The van der Waals surface area contributed by atoms with Gasteiger partial charge in [0.2, 0.25) is 0 Å². The molecule has 0 N–H and O–H groups in total. The van der Waals surface area contributed by atoms with Crippen LogP contribution in [0.4, 0.5) is 5.69 Å². The molecule has 0 atom stereocenters. The average molecular weight is 392 g/mol. The van der Waals surface area contributed by atoms with E-state index in [1.807, 2.05) is 24.3 Å². The number of carbonyl (C=O) groups is 2. The number of hydrogen-bond donors (Lipinski definition) is 0. The van der Waals surface area contributed by atoms with E-state index in [9.17, 15) is 9.59 Å². The first kappa shape index (κ1) is 19.1. The predicted octanol–water partition coefficient (Wildman–Crippen LogP) is 3.47. The number of amides is 2.